The lowest BCUT2D eigenvalue weighted by molar-refractivity contribution is -0.0621. The molecule has 4 rings (SSSR count). The van der Waals surface area contributed by atoms with E-state index in [9.17, 15) is 4.79 Å². The number of carbonyl (C=O) groups excluding carboxylic acids is 1. The van der Waals surface area contributed by atoms with Crippen molar-refractivity contribution in [3.63, 3.8) is 0 Å². The van der Waals surface area contributed by atoms with Crippen LogP contribution in [0.4, 0.5) is 4.79 Å². The summed E-state index contributed by atoms with van der Waals surface area (Å²) in [5, 5.41) is 0. The van der Waals surface area contributed by atoms with Crippen LogP contribution in [0, 0.1) is 52.3 Å². The van der Waals surface area contributed by atoms with Gasteiger partial charge in [0.2, 0.25) is 0 Å². The van der Waals surface area contributed by atoms with Crippen LogP contribution in [0.5, 0.6) is 0 Å². The molecule has 0 aromatic heterocycles. The van der Waals surface area contributed by atoms with Crippen molar-refractivity contribution in [2.75, 3.05) is 6.61 Å². The predicted octanol–water partition coefficient (Wildman–Crippen LogP) is 9.60. The van der Waals surface area contributed by atoms with Gasteiger partial charge < -0.3 is 9.47 Å². The third-order valence-electron chi connectivity index (χ3n) is 11.7. The van der Waals surface area contributed by atoms with Crippen LogP contribution < -0.4 is 0 Å². The van der Waals surface area contributed by atoms with Crippen LogP contribution in [0.25, 0.3) is 0 Å². The highest BCUT2D eigenvalue weighted by molar-refractivity contribution is 5.60. The predicted molar refractivity (Wildman–Crippen MR) is 149 cm³/mol. The lowest BCUT2D eigenvalue weighted by atomic mass is 9.47. The highest BCUT2D eigenvalue weighted by Crippen LogP contribution is 2.67. The van der Waals surface area contributed by atoms with Crippen LogP contribution in [0.15, 0.2) is 11.6 Å². The number of rotatable bonds is 9. The number of fused-ring (bicyclic) bond motifs is 5. The van der Waals surface area contributed by atoms with Crippen molar-refractivity contribution in [3.05, 3.63) is 11.6 Å². The van der Waals surface area contributed by atoms with Crippen molar-refractivity contribution in [2.24, 2.45) is 52.3 Å². The lowest BCUT2D eigenvalue weighted by Gasteiger charge is -2.58. The Morgan fingerprint density at radius 1 is 1.03 bits per heavy atom. The van der Waals surface area contributed by atoms with E-state index in [0.717, 1.165) is 61.2 Å². The largest absolute Gasteiger partial charge is 0.508 e. The van der Waals surface area contributed by atoms with Gasteiger partial charge in [-0.2, -0.15) is 0 Å². The topological polar surface area (TPSA) is 35.5 Å². The van der Waals surface area contributed by atoms with Gasteiger partial charge in [-0.25, -0.2) is 4.79 Å². The molecule has 4 aliphatic carbocycles. The molecule has 3 nitrogen and oxygen atoms in total. The Morgan fingerprint density at radius 3 is 2.53 bits per heavy atom. The van der Waals surface area contributed by atoms with Crippen molar-refractivity contribution in [1.29, 1.82) is 0 Å². The lowest BCUT2D eigenvalue weighted by Crippen LogP contribution is -2.51. The van der Waals surface area contributed by atoms with Crippen LogP contribution in [0.3, 0.4) is 0 Å². The highest BCUT2D eigenvalue weighted by Gasteiger charge is 2.59. The maximum atomic E-state index is 12.3. The maximum Gasteiger partial charge on any atom is 0.508 e. The molecule has 0 N–H and O–H groups in total. The first-order valence-corrected chi connectivity index (χ1v) is 15.6. The van der Waals surface area contributed by atoms with Gasteiger partial charge in [-0.3, -0.25) is 0 Å². The molecule has 0 radical (unpaired) electrons. The summed E-state index contributed by atoms with van der Waals surface area (Å²) >= 11 is 0. The molecule has 3 heteroatoms. The number of hydrogen-bond donors (Lipinski definition) is 0. The van der Waals surface area contributed by atoms with Crippen LogP contribution in [-0.4, -0.2) is 18.9 Å². The Balaban J connectivity index is 1.38. The molecule has 0 heterocycles. The van der Waals surface area contributed by atoms with Gasteiger partial charge in [0.15, 0.2) is 0 Å². The number of allylic oxidation sites excluding steroid dienone is 1. The standard InChI is InChI=1S/C33H56O3/c1-8-23(4)21-35-31(34)36-26-16-18-32(6)25(20-26)12-13-27-29-15-14-28(24(5)11-9-10-22(2)3)33(29,7)19-17-30(27)32/h12,22-24,26-30H,8-11,13-21H2,1-7H3. The van der Waals surface area contributed by atoms with E-state index in [-0.39, 0.29) is 6.10 Å². The molecule has 0 aromatic rings. The van der Waals surface area contributed by atoms with E-state index in [1.54, 1.807) is 5.57 Å². The Bertz CT molecular complexity index is 786. The molecule has 0 saturated heterocycles. The Morgan fingerprint density at radius 2 is 1.81 bits per heavy atom. The summed E-state index contributed by atoms with van der Waals surface area (Å²) in [5.41, 5.74) is 2.42. The van der Waals surface area contributed by atoms with E-state index >= 15 is 0 Å². The summed E-state index contributed by atoms with van der Waals surface area (Å²) in [7, 11) is 0. The molecule has 0 spiro atoms. The van der Waals surface area contributed by atoms with Crippen LogP contribution in [-0.2, 0) is 9.47 Å². The summed E-state index contributed by atoms with van der Waals surface area (Å²) in [6.07, 6.45) is 17.3. The van der Waals surface area contributed by atoms with Crippen LogP contribution in [0.2, 0.25) is 0 Å². The molecule has 9 atom stereocenters. The van der Waals surface area contributed by atoms with Crippen molar-refractivity contribution in [3.8, 4) is 0 Å². The normalized spacial score (nSPS) is 39.4. The average Bonchev–Trinajstić information content (AvgIpc) is 3.19. The zero-order valence-corrected chi connectivity index (χ0v) is 24.6. The van der Waals surface area contributed by atoms with Crippen LogP contribution >= 0.6 is 0 Å². The maximum absolute atomic E-state index is 12.3. The van der Waals surface area contributed by atoms with Gasteiger partial charge >= 0.3 is 6.16 Å². The Hall–Kier alpha value is -0.990. The van der Waals surface area contributed by atoms with E-state index < -0.39 is 6.16 Å². The first-order valence-electron chi connectivity index (χ1n) is 15.6. The van der Waals surface area contributed by atoms with Gasteiger partial charge in [0.25, 0.3) is 0 Å². The summed E-state index contributed by atoms with van der Waals surface area (Å²) in [4.78, 5) is 12.3. The van der Waals surface area contributed by atoms with Crippen molar-refractivity contribution < 1.29 is 14.3 Å². The smallest absolute Gasteiger partial charge is 0.434 e. The van der Waals surface area contributed by atoms with Gasteiger partial charge in [-0.1, -0.05) is 85.8 Å². The summed E-state index contributed by atoms with van der Waals surface area (Å²) in [6, 6.07) is 0. The van der Waals surface area contributed by atoms with Crippen molar-refractivity contribution >= 4 is 6.16 Å². The minimum absolute atomic E-state index is 0.0123. The molecule has 3 saturated carbocycles. The molecule has 0 amide bonds. The molecular weight excluding hydrogens is 444 g/mol. The highest BCUT2D eigenvalue weighted by atomic mass is 16.7. The van der Waals surface area contributed by atoms with Crippen LogP contribution in [0.1, 0.15) is 126 Å². The molecule has 206 valence electrons. The summed E-state index contributed by atoms with van der Waals surface area (Å²) < 4.78 is 11.2. The van der Waals surface area contributed by atoms with Crippen molar-refractivity contribution in [2.45, 2.75) is 132 Å². The third-order valence-corrected chi connectivity index (χ3v) is 11.7. The minimum atomic E-state index is -0.467. The van der Waals surface area contributed by atoms with Gasteiger partial charge in [-0.15, -0.1) is 0 Å². The van der Waals surface area contributed by atoms with E-state index in [2.05, 4.69) is 54.5 Å². The molecule has 4 aliphatic rings. The summed E-state index contributed by atoms with van der Waals surface area (Å²) in [5.74, 6) is 5.56. The first kappa shape index (κ1) is 28.0. The zero-order chi connectivity index (χ0) is 26.1. The molecule has 3 fully saturated rings. The second kappa shape index (κ2) is 11.4. The minimum Gasteiger partial charge on any atom is -0.434 e. The quantitative estimate of drug-likeness (QED) is 0.233. The second-order valence-corrected chi connectivity index (χ2v) is 14.3. The van der Waals surface area contributed by atoms with Gasteiger partial charge in [0, 0.05) is 6.42 Å². The summed E-state index contributed by atoms with van der Waals surface area (Å²) in [6.45, 7) is 17.2. The average molecular weight is 501 g/mol. The zero-order valence-electron chi connectivity index (χ0n) is 24.6. The third kappa shape index (κ3) is 5.56. The second-order valence-electron chi connectivity index (χ2n) is 14.3. The van der Waals surface area contributed by atoms with Gasteiger partial charge in [-0.05, 0) is 97.2 Å². The molecule has 0 aliphatic heterocycles. The van der Waals surface area contributed by atoms with Gasteiger partial charge in [0.1, 0.15) is 6.10 Å². The Labute approximate surface area is 222 Å². The number of hydrogen-bond acceptors (Lipinski definition) is 3. The fourth-order valence-electron chi connectivity index (χ4n) is 9.25. The Kier molecular flexibility index (Phi) is 8.88. The molecule has 36 heavy (non-hydrogen) atoms. The van der Waals surface area contributed by atoms with E-state index in [1.165, 1.54) is 51.4 Å². The molecule has 0 bridgehead atoms. The van der Waals surface area contributed by atoms with Crippen molar-refractivity contribution in [1.82, 2.24) is 0 Å². The van der Waals surface area contributed by atoms with E-state index in [4.69, 9.17) is 9.47 Å². The number of ether oxygens (including phenoxy) is 2. The monoisotopic (exact) mass is 500 g/mol. The fraction of sp³-hybridized carbons (Fsp3) is 0.909. The van der Waals surface area contributed by atoms with E-state index in [0.29, 0.717) is 23.4 Å². The van der Waals surface area contributed by atoms with E-state index in [1.807, 2.05) is 0 Å². The van der Waals surface area contributed by atoms with Gasteiger partial charge in [0.05, 0.1) is 6.61 Å². The fourth-order valence-corrected chi connectivity index (χ4v) is 9.25. The molecular formula is C33H56O3. The first-order chi connectivity index (χ1) is 17.1. The molecule has 0 aromatic carbocycles. The SMILES string of the molecule is CCC(C)COC(=O)OC1CCC2(C)C(=CCC3C2CCC2(C)C(C(C)CCCC(C)C)CCC32)C1. The molecule has 9 unspecified atom stereocenters. The number of carbonyl (C=O) groups is 1.